The Morgan fingerprint density at radius 3 is 2.42 bits per heavy atom. The zero-order valence-corrected chi connectivity index (χ0v) is 32.8. The Bertz CT molecular complexity index is 1650. The largest absolute Gasteiger partial charge is 0.444 e. The number of piperazine rings is 1. The molecule has 1 fully saturated rings. The van der Waals surface area contributed by atoms with Crippen molar-refractivity contribution in [2.45, 2.75) is 76.7 Å². The Morgan fingerprint density at radius 2 is 1.74 bits per heavy atom. The first-order valence-electron chi connectivity index (χ1n) is 16.7. The van der Waals surface area contributed by atoms with Crippen molar-refractivity contribution in [3.63, 3.8) is 0 Å². The molecule has 2 N–H and O–H groups in total. The standard InChI is InChI=1S/C35H49ClFN7O4SSi/c1-34(2,3)48-33(46)44-17-15-43(16-18-44)14-12-31(45)40-30-22-25(11-13-38-30)39-29-23-28(26-21-24(36)9-10-27(26)37)41-42-32(29)49-20-19-47-50(7,8)35(4,5)6/h9-11,13,21-23H,12,14-20H2,1-8H3,(H2,38,39,40,41,45). The molecular formula is C35H49ClFN7O4SSi. The lowest BCUT2D eigenvalue weighted by molar-refractivity contribution is -0.116. The Kier molecular flexibility index (Phi) is 13.3. The zero-order chi connectivity index (χ0) is 36.7. The molecule has 0 atom stereocenters. The maximum atomic E-state index is 14.8. The minimum atomic E-state index is -1.91. The lowest BCUT2D eigenvalue weighted by Crippen LogP contribution is -2.50. The highest BCUT2D eigenvalue weighted by Crippen LogP contribution is 2.37. The molecule has 1 aromatic carbocycles. The van der Waals surface area contributed by atoms with E-state index in [0.29, 0.717) is 78.0 Å². The average molecular weight is 746 g/mol. The third-order valence-corrected chi connectivity index (χ3v) is 14.3. The van der Waals surface area contributed by atoms with E-state index in [-0.39, 0.29) is 29.0 Å². The van der Waals surface area contributed by atoms with Crippen molar-refractivity contribution in [1.29, 1.82) is 0 Å². The van der Waals surface area contributed by atoms with Crippen LogP contribution in [0.25, 0.3) is 11.3 Å². The number of aromatic nitrogens is 3. The lowest BCUT2D eigenvalue weighted by atomic mass is 10.1. The first kappa shape index (κ1) is 39.5. The topological polar surface area (TPSA) is 122 Å². The van der Waals surface area contributed by atoms with Gasteiger partial charge in [0.1, 0.15) is 22.3 Å². The summed E-state index contributed by atoms with van der Waals surface area (Å²) in [4.78, 5) is 33.4. The molecule has 0 unspecified atom stereocenters. The van der Waals surface area contributed by atoms with Gasteiger partial charge in [0.2, 0.25) is 5.91 Å². The highest BCUT2D eigenvalue weighted by molar-refractivity contribution is 7.99. The van der Waals surface area contributed by atoms with Crippen LogP contribution in [0.15, 0.2) is 47.6 Å². The molecule has 4 rings (SSSR count). The van der Waals surface area contributed by atoms with E-state index in [0.717, 1.165) is 0 Å². The van der Waals surface area contributed by atoms with Crippen LogP contribution in [-0.2, 0) is 14.0 Å². The first-order valence-corrected chi connectivity index (χ1v) is 21.0. The van der Waals surface area contributed by atoms with Crippen LogP contribution in [0.1, 0.15) is 48.0 Å². The second-order valence-electron chi connectivity index (χ2n) is 14.7. The summed E-state index contributed by atoms with van der Waals surface area (Å²) >= 11 is 7.66. The molecule has 1 saturated heterocycles. The van der Waals surface area contributed by atoms with Gasteiger partial charge in [0, 0.05) is 80.0 Å². The fourth-order valence-corrected chi connectivity index (χ4v) is 6.82. The predicted octanol–water partition coefficient (Wildman–Crippen LogP) is 8.07. The molecule has 272 valence electrons. The van der Waals surface area contributed by atoms with E-state index in [9.17, 15) is 14.0 Å². The van der Waals surface area contributed by atoms with Crippen LogP contribution in [-0.4, -0.2) is 96.0 Å². The molecule has 11 nitrogen and oxygen atoms in total. The van der Waals surface area contributed by atoms with Gasteiger partial charge >= 0.3 is 6.09 Å². The number of nitrogens with zero attached hydrogens (tertiary/aromatic N) is 5. The Morgan fingerprint density at radius 1 is 1.02 bits per heavy atom. The summed E-state index contributed by atoms with van der Waals surface area (Å²) in [5, 5.41) is 16.1. The van der Waals surface area contributed by atoms with E-state index in [1.165, 1.54) is 30.0 Å². The van der Waals surface area contributed by atoms with Gasteiger partial charge in [-0.25, -0.2) is 14.2 Å². The molecule has 0 bridgehead atoms. The fraction of sp³-hybridized carbons (Fsp3) is 0.514. The number of nitrogens with one attached hydrogen (secondary N) is 2. The summed E-state index contributed by atoms with van der Waals surface area (Å²) in [5.41, 5.74) is 1.28. The van der Waals surface area contributed by atoms with Gasteiger partial charge in [-0.05, 0) is 69.2 Å². The number of carbonyl (C=O) groups excluding carboxylic acids is 2. The van der Waals surface area contributed by atoms with Gasteiger partial charge in [-0.1, -0.05) is 32.4 Å². The molecule has 3 heterocycles. The van der Waals surface area contributed by atoms with Crippen molar-refractivity contribution >= 4 is 60.9 Å². The van der Waals surface area contributed by atoms with Crippen molar-refractivity contribution in [3.05, 3.63) is 53.4 Å². The van der Waals surface area contributed by atoms with Crippen LogP contribution in [0, 0.1) is 5.82 Å². The van der Waals surface area contributed by atoms with Gasteiger partial charge in [0.05, 0.1) is 11.4 Å². The third-order valence-electron chi connectivity index (χ3n) is 8.54. The summed E-state index contributed by atoms with van der Waals surface area (Å²) in [6.45, 7) is 20.1. The molecule has 0 aliphatic carbocycles. The van der Waals surface area contributed by atoms with Crippen LogP contribution >= 0.6 is 23.4 Å². The van der Waals surface area contributed by atoms with Gasteiger partial charge in [0.15, 0.2) is 8.32 Å². The van der Waals surface area contributed by atoms with Gasteiger partial charge in [0.25, 0.3) is 0 Å². The number of thioether (sulfide) groups is 1. The van der Waals surface area contributed by atoms with Gasteiger partial charge in [-0.2, -0.15) is 0 Å². The summed E-state index contributed by atoms with van der Waals surface area (Å²) in [6.07, 6.45) is 1.55. The first-order chi connectivity index (χ1) is 23.4. The number of ether oxygens (including phenoxy) is 1. The molecule has 0 spiro atoms. The Hall–Kier alpha value is -3.30. The SMILES string of the molecule is CC(C)(C)OC(=O)N1CCN(CCC(=O)Nc2cc(Nc3cc(-c4cc(Cl)ccc4F)nnc3SCCO[Si](C)(C)C(C)(C)C)ccn2)CC1. The molecule has 15 heteroatoms. The Labute approximate surface area is 305 Å². The predicted molar refractivity (Wildman–Crippen MR) is 201 cm³/mol. The molecule has 50 heavy (non-hydrogen) atoms. The monoisotopic (exact) mass is 745 g/mol. The van der Waals surface area contributed by atoms with Crippen LogP contribution < -0.4 is 10.6 Å². The number of hydrogen-bond donors (Lipinski definition) is 2. The second kappa shape index (κ2) is 16.8. The number of halogens is 2. The zero-order valence-electron chi connectivity index (χ0n) is 30.2. The van der Waals surface area contributed by atoms with Crippen molar-refractivity contribution in [3.8, 4) is 11.3 Å². The maximum Gasteiger partial charge on any atom is 0.410 e. The molecule has 2 amide bonds. The molecule has 3 aromatic rings. The van der Waals surface area contributed by atoms with E-state index in [1.807, 2.05) is 20.8 Å². The fourth-order valence-electron chi connectivity index (χ4n) is 4.73. The van der Waals surface area contributed by atoms with E-state index in [2.05, 4.69) is 64.6 Å². The van der Waals surface area contributed by atoms with E-state index in [4.69, 9.17) is 20.8 Å². The van der Waals surface area contributed by atoms with Crippen molar-refractivity contribution in [2.75, 3.05) is 55.7 Å². The molecular weight excluding hydrogens is 697 g/mol. The lowest BCUT2D eigenvalue weighted by Gasteiger charge is -2.36. The number of benzene rings is 1. The molecule has 0 saturated carbocycles. The third kappa shape index (κ3) is 11.6. The molecule has 1 aliphatic heterocycles. The van der Waals surface area contributed by atoms with Crippen LogP contribution in [0.2, 0.25) is 23.2 Å². The summed E-state index contributed by atoms with van der Waals surface area (Å²) in [5.74, 6) is 0.395. The number of anilines is 3. The van der Waals surface area contributed by atoms with Crippen molar-refractivity contribution < 1.29 is 23.1 Å². The molecule has 0 radical (unpaired) electrons. The van der Waals surface area contributed by atoms with Crippen LogP contribution in [0.3, 0.4) is 0 Å². The number of hydrogen-bond acceptors (Lipinski definition) is 10. The van der Waals surface area contributed by atoms with Gasteiger partial charge in [-0.15, -0.1) is 22.0 Å². The van der Waals surface area contributed by atoms with E-state index in [1.54, 1.807) is 29.3 Å². The Balaban J connectivity index is 1.40. The minimum Gasteiger partial charge on any atom is -0.444 e. The number of rotatable bonds is 12. The molecule has 1 aliphatic rings. The van der Waals surface area contributed by atoms with Crippen molar-refractivity contribution in [2.24, 2.45) is 0 Å². The summed E-state index contributed by atoms with van der Waals surface area (Å²) in [6, 6.07) is 9.54. The summed E-state index contributed by atoms with van der Waals surface area (Å²) in [7, 11) is -1.91. The number of amides is 2. The highest BCUT2D eigenvalue weighted by atomic mass is 35.5. The maximum absolute atomic E-state index is 14.8. The highest BCUT2D eigenvalue weighted by Gasteiger charge is 2.37. The average Bonchev–Trinajstić information content (AvgIpc) is 3.03. The van der Waals surface area contributed by atoms with Crippen LogP contribution in [0.4, 0.5) is 26.4 Å². The quantitative estimate of drug-likeness (QED) is 0.107. The number of pyridine rings is 1. The van der Waals surface area contributed by atoms with Gasteiger partial charge in [-0.3, -0.25) is 9.69 Å². The second-order valence-corrected chi connectivity index (χ2v) is 21.0. The number of carbonyl (C=O) groups is 2. The summed E-state index contributed by atoms with van der Waals surface area (Å²) < 4.78 is 26.6. The van der Waals surface area contributed by atoms with Crippen molar-refractivity contribution in [1.82, 2.24) is 25.0 Å². The normalized spacial score (nSPS) is 14.4. The van der Waals surface area contributed by atoms with Crippen LogP contribution in [0.5, 0.6) is 0 Å². The van der Waals surface area contributed by atoms with E-state index >= 15 is 0 Å². The smallest absolute Gasteiger partial charge is 0.410 e. The molecule has 2 aromatic heterocycles. The van der Waals surface area contributed by atoms with E-state index < -0.39 is 19.7 Å². The minimum absolute atomic E-state index is 0.0973. The van der Waals surface area contributed by atoms with Gasteiger partial charge < -0.3 is 24.7 Å².